The quantitative estimate of drug-likeness (QED) is 0.838. The van der Waals surface area contributed by atoms with E-state index in [4.69, 9.17) is 0 Å². The van der Waals surface area contributed by atoms with E-state index in [0.717, 1.165) is 36.3 Å². The minimum Gasteiger partial charge on any atom is -0.347 e. The van der Waals surface area contributed by atoms with Gasteiger partial charge in [0.2, 0.25) is 0 Å². The molecule has 4 heteroatoms. The SMILES string of the molecule is CCCNC(Cc1cc(F)ccc1C)c1ncc[nH]1. The molecule has 3 nitrogen and oxygen atoms in total. The normalized spacial score (nSPS) is 12.6. The lowest BCUT2D eigenvalue weighted by Crippen LogP contribution is -2.25. The van der Waals surface area contributed by atoms with Crippen LogP contribution < -0.4 is 5.32 Å². The van der Waals surface area contributed by atoms with Crippen molar-refractivity contribution in [1.82, 2.24) is 15.3 Å². The molecule has 0 amide bonds. The van der Waals surface area contributed by atoms with Gasteiger partial charge < -0.3 is 10.3 Å². The van der Waals surface area contributed by atoms with E-state index < -0.39 is 0 Å². The molecule has 1 aromatic heterocycles. The molecule has 2 aromatic rings. The number of rotatable bonds is 6. The highest BCUT2D eigenvalue weighted by molar-refractivity contribution is 5.28. The molecule has 1 heterocycles. The highest BCUT2D eigenvalue weighted by atomic mass is 19.1. The third-order valence-electron chi connectivity index (χ3n) is 3.23. The number of H-pyrrole nitrogens is 1. The molecule has 19 heavy (non-hydrogen) atoms. The Morgan fingerprint density at radius 3 is 2.95 bits per heavy atom. The molecule has 0 aliphatic heterocycles. The Morgan fingerprint density at radius 1 is 1.42 bits per heavy atom. The number of aryl methyl sites for hydroxylation is 1. The molecule has 0 saturated heterocycles. The van der Waals surface area contributed by atoms with Gasteiger partial charge in [-0.15, -0.1) is 0 Å². The van der Waals surface area contributed by atoms with Crippen molar-refractivity contribution < 1.29 is 4.39 Å². The summed E-state index contributed by atoms with van der Waals surface area (Å²) in [5.74, 6) is 0.714. The van der Waals surface area contributed by atoms with Gasteiger partial charge in [-0.05, 0) is 49.6 Å². The second-order valence-corrected chi connectivity index (χ2v) is 4.76. The number of imidazole rings is 1. The van der Waals surface area contributed by atoms with E-state index in [1.165, 1.54) is 6.07 Å². The lowest BCUT2D eigenvalue weighted by molar-refractivity contribution is 0.506. The zero-order valence-corrected chi connectivity index (χ0v) is 11.4. The molecule has 2 N–H and O–H groups in total. The standard InChI is InChI=1S/C15H20FN3/c1-3-6-17-14(15-18-7-8-19-15)10-12-9-13(16)5-4-11(12)2/h4-5,7-9,14,17H,3,6,10H2,1-2H3,(H,18,19). The van der Waals surface area contributed by atoms with E-state index in [1.807, 2.05) is 19.2 Å². The largest absolute Gasteiger partial charge is 0.347 e. The number of halogens is 1. The fourth-order valence-corrected chi connectivity index (χ4v) is 2.13. The van der Waals surface area contributed by atoms with Gasteiger partial charge in [-0.2, -0.15) is 0 Å². The number of hydrogen-bond acceptors (Lipinski definition) is 2. The van der Waals surface area contributed by atoms with Crippen LogP contribution in [0.4, 0.5) is 4.39 Å². The first-order valence-electron chi connectivity index (χ1n) is 6.68. The molecule has 0 bridgehead atoms. The lowest BCUT2D eigenvalue weighted by atomic mass is 10.0. The van der Waals surface area contributed by atoms with Crippen LogP contribution in [0.2, 0.25) is 0 Å². The van der Waals surface area contributed by atoms with Gasteiger partial charge in [0.1, 0.15) is 11.6 Å². The Morgan fingerprint density at radius 2 is 2.26 bits per heavy atom. The van der Waals surface area contributed by atoms with E-state index in [2.05, 4.69) is 22.2 Å². The fourth-order valence-electron chi connectivity index (χ4n) is 2.13. The molecule has 102 valence electrons. The second kappa shape index (κ2) is 6.48. The van der Waals surface area contributed by atoms with Crippen molar-refractivity contribution in [2.75, 3.05) is 6.54 Å². The van der Waals surface area contributed by atoms with Crippen LogP contribution in [0.25, 0.3) is 0 Å². The molecule has 1 unspecified atom stereocenters. The van der Waals surface area contributed by atoms with Crippen LogP contribution in [0.1, 0.15) is 36.3 Å². The van der Waals surface area contributed by atoms with Gasteiger partial charge in [-0.1, -0.05) is 13.0 Å². The maximum atomic E-state index is 13.3. The molecule has 0 radical (unpaired) electrons. The molecule has 1 atom stereocenters. The zero-order chi connectivity index (χ0) is 13.7. The summed E-state index contributed by atoms with van der Waals surface area (Å²) in [4.78, 5) is 7.44. The van der Waals surface area contributed by atoms with Crippen molar-refractivity contribution in [3.63, 3.8) is 0 Å². The number of hydrogen-bond donors (Lipinski definition) is 2. The third-order valence-corrected chi connectivity index (χ3v) is 3.23. The van der Waals surface area contributed by atoms with Crippen LogP contribution in [-0.4, -0.2) is 16.5 Å². The molecule has 0 aliphatic rings. The molecule has 1 aromatic carbocycles. The van der Waals surface area contributed by atoms with Gasteiger partial charge in [-0.25, -0.2) is 9.37 Å². The van der Waals surface area contributed by atoms with Crippen LogP contribution in [0.3, 0.4) is 0 Å². The van der Waals surface area contributed by atoms with Gasteiger partial charge in [0, 0.05) is 12.4 Å². The monoisotopic (exact) mass is 261 g/mol. The Kier molecular flexibility index (Phi) is 4.68. The first kappa shape index (κ1) is 13.7. The topological polar surface area (TPSA) is 40.7 Å². The highest BCUT2D eigenvalue weighted by Crippen LogP contribution is 2.19. The Hall–Kier alpha value is -1.68. The van der Waals surface area contributed by atoms with Crippen LogP contribution >= 0.6 is 0 Å². The summed E-state index contributed by atoms with van der Waals surface area (Å²) in [6.45, 7) is 5.05. The number of aromatic amines is 1. The van der Waals surface area contributed by atoms with Crippen molar-refractivity contribution in [1.29, 1.82) is 0 Å². The summed E-state index contributed by atoms with van der Waals surface area (Å²) in [7, 11) is 0. The molecule has 2 rings (SSSR count). The zero-order valence-electron chi connectivity index (χ0n) is 11.4. The number of benzene rings is 1. The van der Waals surface area contributed by atoms with Crippen molar-refractivity contribution >= 4 is 0 Å². The van der Waals surface area contributed by atoms with E-state index in [1.54, 1.807) is 12.3 Å². The number of nitrogens with one attached hydrogen (secondary N) is 2. The minimum atomic E-state index is -0.186. The summed E-state index contributed by atoms with van der Waals surface area (Å²) in [5, 5.41) is 3.45. The maximum absolute atomic E-state index is 13.3. The molecule has 0 saturated carbocycles. The Balaban J connectivity index is 2.17. The fraction of sp³-hybridized carbons (Fsp3) is 0.400. The van der Waals surface area contributed by atoms with E-state index in [-0.39, 0.29) is 11.9 Å². The van der Waals surface area contributed by atoms with Crippen molar-refractivity contribution in [3.05, 3.63) is 53.4 Å². The van der Waals surface area contributed by atoms with E-state index in [9.17, 15) is 4.39 Å². The molecule has 0 spiro atoms. The van der Waals surface area contributed by atoms with Gasteiger partial charge >= 0.3 is 0 Å². The van der Waals surface area contributed by atoms with Crippen LogP contribution in [0, 0.1) is 12.7 Å². The van der Waals surface area contributed by atoms with Gasteiger partial charge in [0.25, 0.3) is 0 Å². The summed E-state index contributed by atoms with van der Waals surface area (Å²) >= 11 is 0. The maximum Gasteiger partial charge on any atom is 0.123 e. The van der Waals surface area contributed by atoms with Crippen molar-refractivity contribution in [3.8, 4) is 0 Å². The van der Waals surface area contributed by atoms with Crippen LogP contribution in [0.15, 0.2) is 30.6 Å². The molecular weight excluding hydrogens is 241 g/mol. The predicted molar refractivity (Wildman–Crippen MR) is 74.5 cm³/mol. The average molecular weight is 261 g/mol. The number of nitrogens with zero attached hydrogens (tertiary/aromatic N) is 1. The summed E-state index contributed by atoms with van der Waals surface area (Å²) in [6.07, 6.45) is 5.35. The minimum absolute atomic E-state index is 0.0930. The first-order valence-corrected chi connectivity index (χ1v) is 6.68. The predicted octanol–water partition coefficient (Wildman–Crippen LogP) is 3.14. The lowest BCUT2D eigenvalue weighted by Gasteiger charge is -2.17. The van der Waals surface area contributed by atoms with E-state index in [0.29, 0.717) is 0 Å². The summed E-state index contributed by atoms with van der Waals surface area (Å²) in [5.41, 5.74) is 2.13. The van der Waals surface area contributed by atoms with Crippen LogP contribution in [0.5, 0.6) is 0 Å². The highest BCUT2D eigenvalue weighted by Gasteiger charge is 2.15. The molecular formula is C15H20FN3. The van der Waals surface area contributed by atoms with Crippen LogP contribution in [-0.2, 0) is 6.42 Å². The Bertz CT molecular complexity index is 508. The van der Waals surface area contributed by atoms with E-state index >= 15 is 0 Å². The van der Waals surface area contributed by atoms with Gasteiger partial charge in [0.15, 0.2) is 0 Å². The molecule has 0 aliphatic carbocycles. The summed E-state index contributed by atoms with van der Waals surface area (Å²) < 4.78 is 13.3. The Labute approximate surface area is 113 Å². The second-order valence-electron chi connectivity index (χ2n) is 4.76. The number of aromatic nitrogens is 2. The smallest absolute Gasteiger partial charge is 0.123 e. The molecule has 0 fully saturated rings. The average Bonchev–Trinajstić information content (AvgIpc) is 2.92. The third kappa shape index (κ3) is 3.64. The van der Waals surface area contributed by atoms with Crippen molar-refractivity contribution in [2.24, 2.45) is 0 Å². The van der Waals surface area contributed by atoms with Gasteiger partial charge in [-0.3, -0.25) is 0 Å². The van der Waals surface area contributed by atoms with Crippen molar-refractivity contribution in [2.45, 2.75) is 32.7 Å². The van der Waals surface area contributed by atoms with Gasteiger partial charge in [0.05, 0.1) is 6.04 Å². The first-order chi connectivity index (χ1) is 9.20. The summed E-state index contributed by atoms with van der Waals surface area (Å²) in [6, 6.07) is 5.03.